The molecule has 0 aliphatic carbocycles. The van der Waals surface area contributed by atoms with Crippen LogP contribution in [-0.4, -0.2) is 56.0 Å². The molecule has 0 aromatic heterocycles. The van der Waals surface area contributed by atoms with Gasteiger partial charge in [0.1, 0.15) is 0 Å². The zero-order valence-corrected chi connectivity index (χ0v) is 14.4. The average Bonchev–Trinajstić information content (AvgIpc) is 2.41. The minimum absolute atomic E-state index is 0. The molecule has 8 heteroatoms. The predicted molar refractivity (Wildman–Crippen MR) is 92.0 cm³/mol. The Morgan fingerprint density at radius 3 is 2.38 bits per heavy atom. The van der Waals surface area contributed by atoms with Crippen molar-refractivity contribution in [3.63, 3.8) is 0 Å². The van der Waals surface area contributed by atoms with Gasteiger partial charge in [0.05, 0.1) is 5.75 Å². The molecule has 0 bridgehead atoms. The molecule has 2 amide bonds. The molecule has 0 aromatic carbocycles. The highest BCUT2D eigenvalue weighted by molar-refractivity contribution is 7.99. The molecular formula is C13H29ClN4O2S. The molecule has 0 heterocycles. The van der Waals surface area contributed by atoms with Gasteiger partial charge in [0, 0.05) is 25.8 Å². The van der Waals surface area contributed by atoms with Gasteiger partial charge in [-0.05, 0) is 38.9 Å². The maximum Gasteiger partial charge on any atom is 0.229 e. The zero-order valence-electron chi connectivity index (χ0n) is 12.8. The Morgan fingerprint density at radius 1 is 1.00 bits per heavy atom. The highest BCUT2D eigenvalue weighted by Gasteiger charge is 2.00. The summed E-state index contributed by atoms with van der Waals surface area (Å²) in [4.78, 5) is 22.1. The van der Waals surface area contributed by atoms with Gasteiger partial charge < -0.3 is 21.7 Å². The molecule has 0 unspecified atom stereocenters. The molecule has 0 atom stereocenters. The van der Waals surface area contributed by atoms with Crippen LogP contribution in [0.15, 0.2) is 0 Å². The van der Waals surface area contributed by atoms with Crippen LogP contribution >= 0.6 is 24.2 Å². The van der Waals surface area contributed by atoms with Gasteiger partial charge in [-0.25, -0.2) is 0 Å². The normalized spacial score (nSPS) is 9.81. The predicted octanol–water partition coefficient (Wildman–Crippen LogP) is 0.112. The molecule has 0 spiro atoms. The highest BCUT2D eigenvalue weighted by Crippen LogP contribution is 1.97. The monoisotopic (exact) mass is 340 g/mol. The third-order valence-electron chi connectivity index (χ3n) is 2.51. The second kappa shape index (κ2) is 17.6. The van der Waals surface area contributed by atoms with Crippen molar-refractivity contribution in [2.24, 2.45) is 5.73 Å². The fraction of sp³-hybridized carbons (Fsp3) is 0.846. The van der Waals surface area contributed by atoms with E-state index in [4.69, 9.17) is 5.73 Å². The molecule has 0 saturated heterocycles. The number of amides is 2. The Hall–Kier alpha value is -0.500. The number of nitrogens with two attached hydrogens (primary N) is 1. The Balaban J connectivity index is 0. The van der Waals surface area contributed by atoms with E-state index in [2.05, 4.69) is 16.0 Å². The van der Waals surface area contributed by atoms with Crippen LogP contribution in [-0.2, 0) is 9.59 Å². The Labute approximate surface area is 138 Å². The van der Waals surface area contributed by atoms with Crippen LogP contribution in [0.25, 0.3) is 0 Å². The van der Waals surface area contributed by atoms with E-state index in [1.807, 2.05) is 0 Å². The maximum atomic E-state index is 11.5. The standard InChI is InChI=1S/C13H28N4O2S.ClH/c1-12(18)16-9-10-20-11-13(19)17-8-4-7-15-6-3-2-5-14;/h15H,2-11,14H2,1H3,(H,16,18)(H,17,19);1H. The smallest absolute Gasteiger partial charge is 0.229 e. The lowest BCUT2D eigenvalue weighted by Crippen LogP contribution is -2.29. The lowest BCUT2D eigenvalue weighted by atomic mass is 10.3. The van der Waals surface area contributed by atoms with Gasteiger partial charge in [0.2, 0.25) is 11.8 Å². The first kappa shape index (κ1) is 22.8. The molecule has 0 fully saturated rings. The molecule has 0 aromatic rings. The van der Waals surface area contributed by atoms with Gasteiger partial charge in [-0.3, -0.25) is 9.59 Å². The number of thioether (sulfide) groups is 1. The summed E-state index contributed by atoms with van der Waals surface area (Å²) in [5.41, 5.74) is 5.40. The van der Waals surface area contributed by atoms with Gasteiger partial charge in [0.15, 0.2) is 0 Å². The van der Waals surface area contributed by atoms with E-state index < -0.39 is 0 Å². The summed E-state index contributed by atoms with van der Waals surface area (Å²) in [5.74, 6) is 1.23. The molecule has 126 valence electrons. The van der Waals surface area contributed by atoms with Crippen molar-refractivity contribution in [3.05, 3.63) is 0 Å². The van der Waals surface area contributed by atoms with Crippen LogP contribution in [0.5, 0.6) is 0 Å². The van der Waals surface area contributed by atoms with Gasteiger partial charge in [0.25, 0.3) is 0 Å². The molecule has 5 N–H and O–H groups in total. The summed E-state index contributed by atoms with van der Waals surface area (Å²) in [7, 11) is 0. The highest BCUT2D eigenvalue weighted by atomic mass is 35.5. The van der Waals surface area contributed by atoms with E-state index in [9.17, 15) is 9.59 Å². The molecule has 0 radical (unpaired) electrons. The van der Waals surface area contributed by atoms with Gasteiger partial charge in [-0.15, -0.1) is 12.4 Å². The van der Waals surface area contributed by atoms with E-state index in [1.54, 1.807) is 0 Å². The van der Waals surface area contributed by atoms with E-state index in [-0.39, 0.29) is 24.2 Å². The molecule has 0 aliphatic heterocycles. The van der Waals surface area contributed by atoms with Crippen LogP contribution in [0.2, 0.25) is 0 Å². The van der Waals surface area contributed by atoms with E-state index in [1.165, 1.54) is 18.7 Å². The summed E-state index contributed by atoms with van der Waals surface area (Å²) >= 11 is 1.53. The fourth-order valence-electron chi connectivity index (χ4n) is 1.48. The average molecular weight is 341 g/mol. The minimum atomic E-state index is -0.0333. The van der Waals surface area contributed by atoms with Crippen molar-refractivity contribution in [2.45, 2.75) is 26.2 Å². The zero-order chi connectivity index (χ0) is 15.1. The second-order valence-corrected chi connectivity index (χ2v) is 5.59. The number of nitrogens with one attached hydrogen (secondary N) is 3. The molecule has 0 rings (SSSR count). The number of carbonyl (C=O) groups excluding carboxylic acids is 2. The van der Waals surface area contributed by atoms with Crippen LogP contribution in [0.3, 0.4) is 0 Å². The Morgan fingerprint density at radius 2 is 1.71 bits per heavy atom. The molecule has 21 heavy (non-hydrogen) atoms. The number of unbranched alkanes of at least 4 members (excludes halogenated alkanes) is 1. The van der Waals surface area contributed by atoms with Crippen LogP contribution in [0, 0.1) is 0 Å². The molecule has 0 aliphatic rings. The summed E-state index contributed by atoms with van der Waals surface area (Å²) in [6.07, 6.45) is 3.10. The number of carbonyl (C=O) groups is 2. The fourth-order valence-corrected chi connectivity index (χ4v) is 2.15. The van der Waals surface area contributed by atoms with E-state index >= 15 is 0 Å². The second-order valence-electron chi connectivity index (χ2n) is 4.48. The summed E-state index contributed by atoms with van der Waals surface area (Å²) < 4.78 is 0. The van der Waals surface area contributed by atoms with Gasteiger partial charge in [-0.1, -0.05) is 0 Å². The first-order valence-corrected chi connectivity index (χ1v) is 8.32. The molecule has 6 nitrogen and oxygen atoms in total. The Bertz CT molecular complexity index is 271. The first-order chi connectivity index (χ1) is 9.66. The lowest BCUT2D eigenvalue weighted by molar-refractivity contribution is -0.119. The number of hydrogen-bond donors (Lipinski definition) is 4. The molecular weight excluding hydrogens is 312 g/mol. The van der Waals surface area contributed by atoms with Gasteiger partial charge >= 0.3 is 0 Å². The van der Waals surface area contributed by atoms with Crippen molar-refractivity contribution in [2.75, 3.05) is 44.2 Å². The van der Waals surface area contributed by atoms with Crippen molar-refractivity contribution in [1.29, 1.82) is 0 Å². The number of hydrogen-bond acceptors (Lipinski definition) is 5. The summed E-state index contributed by atoms with van der Waals surface area (Å²) in [6.45, 7) is 5.46. The largest absolute Gasteiger partial charge is 0.356 e. The topological polar surface area (TPSA) is 96.2 Å². The third-order valence-corrected chi connectivity index (χ3v) is 3.47. The first-order valence-electron chi connectivity index (χ1n) is 7.16. The lowest BCUT2D eigenvalue weighted by Gasteiger charge is -2.06. The van der Waals surface area contributed by atoms with Crippen molar-refractivity contribution in [3.8, 4) is 0 Å². The third kappa shape index (κ3) is 19.5. The number of halogens is 1. The van der Waals surface area contributed by atoms with Gasteiger partial charge in [-0.2, -0.15) is 11.8 Å². The van der Waals surface area contributed by atoms with Crippen LogP contribution in [0.1, 0.15) is 26.2 Å². The van der Waals surface area contributed by atoms with Crippen molar-refractivity contribution < 1.29 is 9.59 Å². The van der Waals surface area contributed by atoms with E-state index in [0.717, 1.165) is 44.6 Å². The summed E-state index contributed by atoms with van der Waals surface area (Å²) in [5, 5.41) is 8.88. The number of rotatable bonds is 13. The maximum absolute atomic E-state index is 11.5. The Kier molecular flexibility index (Phi) is 19.0. The van der Waals surface area contributed by atoms with E-state index in [0.29, 0.717) is 18.8 Å². The summed E-state index contributed by atoms with van der Waals surface area (Å²) in [6, 6.07) is 0. The minimum Gasteiger partial charge on any atom is -0.356 e. The molecule has 0 saturated carbocycles. The van der Waals surface area contributed by atoms with Crippen molar-refractivity contribution >= 4 is 36.0 Å². The van der Waals surface area contributed by atoms with Crippen molar-refractivity contribution in [1.82, 2.24) is 16.0 Å². The quantitative estimate of drug-likeness (QED) is 0.357. The SMILES string of the molecule is CC(=O)NCCSCC(=O)NCCCNCCCCN.Cl. The van der Waals surface area contributed by atoms with Crippen LogP contribution in [0.4, 0.5) is 0 Å². The van der Waals surface area contributed by atoms with Crippen LogP contribution < -0.4 is 21.7 Å².